The van der Waals surface area contributed by atoms with E-state index in [-0.39, 0.29) is 17.1 Å². The summed E-state index contributed by atoms with van der Waals surface area (Å²) in [7, 11) is 0. The Bertz CT molecular complexity index is 144. The predicted octanol–water partition coefficient (Wildman–Crippen LogP) is 2.01. The summed E-state index contributed by atoms with van der Waals surface area (Å²) in [5.41, 5.74) is 0. The molecule has 11 heavy (non-hydrogen) atoms. The molecule has 0 saturated heterocycles. The first-order valence-corrected chi connectivity index (χ1v) is 2.99. The Labute approximate surface area is 78.1 Å². The summed E-state index contributed by atoms with van der Waals surface area (Å²) >= 11 is 0. The first-order valence-electron chi connectivity index (χ1n) is 2.99. The van der Waals surface area contributed by atoms with Crippen molar-refractivity contribution in [3.8, 4) is 0 Å². The fourth-order valence-corrected chi connectivity index (χ4v) is 0.501. The van der Waals surface area contributed by atoms with E-state index in [9.17, 15) is 0 Å². The van der Waals surface area contributed by atoms with Crippen LogP contribution >= 0.6 is 0 Å². The van der Waals surface area contributed by atoms with Crippen molar-refractivity contribution in [3.05, 3.63) is 60.7 Å². The van der Waals surface area contributed by atoms with Crippen molar-refractivity contribution in [3.63, 3.8) is 0 Å². The third-order valence-corrected chi connectivity index (χ3v) is 0.907. The van der Waals surface area contributed by atoms with Gasteiger partial charge in [0.15, 0.2) is 0 Å². The normalized spacial score (nSPS) is 7.27. The minimum Gasteiger partial charge on any atom is -0.999 e. The van der Waals surface area contributed by atoms with Crippen molar-refractivity contribution in [2.45, 2.75) is 0 Å². The molecule has 0 unspecified atom stereocenters. The smallest absolute Gasteiger partial charge is 0.999 e. The van der Waals surface area contributed by atoms with E-state index < -0.39 is 0 Å². The van der Waals surface area contributed by atoms with Crippen molar-refractivity contribution in [1.82, 2.24) is 0 Å². The zero-order valence-corrected chi connectivity index (χ0v) is 6.92. The molecule has 0 aliphatic carbocycles. The van der Waals surface area contributed by atoms with Gasteiger partial charge in [-0.05, 0) is 0 Å². The van der Waals surface area contributed by atoms with Gasteiger partial charge in [0.1, 0.15) is 0 Å². The maximum atomic E-state index is 2.62. The zero-order chi connectivity index (χ0) is 7.07. The van der Waals surface area contributed by atoms with Gasteiger partial charge in [-0.2, -0.15) is 18.2 Å². The van der Waals surface area contributed by atoms with Crippen LogP contribution in [0.3, 0.4) is 0 Å². The third kappa shape index (κ3) is 5.65. The Kier molecular flexibility index (Phi) is 6.81. The molecule has 0 nitrogen and oxygen atoms in total. The third-order valence-electron chi connectivity index (χ3n) is 0.907. The van der Waals surface area contributed by atoms with Gasteiger partial charge in [0.2, 0.25) is 0 Å². The number of hydrogen-bond donors (Lipinski definition) is 0. The summed E-state index contributed by atoms with van der Waals surface area (Å²) in [4.78, 5) is 0. The fraction of sp³-hybridized carbons (Fsp3) is 0. The van der Waals surface area contributed by atoms with Crippen LogP contribution < -0.4 is 0 Å². The van der Waals surface area contributed by atoms with Gasteiger partial charge < -0.3 is 30.3 Å². The molecular weight excluding hydrogens is 176 g/mol. The second-order valence-corrected chi connectivity index (χ2v) is 1.65. The number of rotatable bonds is 0. The molecule has 0 N–H and O–H groups in total. The zero-order valence-electron chi connectivity index (χ0n) is 5.82. The van der Waals surface area contributed by atoms with Crippen molar-refractivity contribution in [1.29, 1.82) is 0 Å². The molecule has 0 radical (unpaired) electrons. The Morgan fingerprint density at radius 2 is 1.45 bits per heavy atom. The van der Waals surface area contributed by atoms with Gasteiger partial charge in [-0.1, -0.05) is 0 Å². The van der Waals surface area contributed by atoms with Crippen LogP contribution in [0, 0.1) is 24.3 Å². The molecule has 0 aliphatic rings. The van der Waals surface area contributed by atoms with Crippen LogP contribution in [0.1, 0.15) is 0 Å². The Morgan fingerprint density at radius 1 is 0.909 bits per heavy atom. The summed E-state index contributed by atoms with van der Waals surface area (Å²) in [6, 6.07) is 22.0. The van der Waals surface area contributed by atoms with E-state index in [1.165, 1.54) is 0 Å². The SMILES string of the molecule is [Fe+2].[c-]1[c-][c-][cH-][c-]1.c1cc[cH-]c1. The van der Waals surface area contributed by atoms with Crippen LogP contribution in [0.4, 0.5) is 0 Å². The molecular formula is C10H6Fe-4. The first-order chi connectivity index (χ1) is 5.00. The summed E-state index contributed by atoms with van der Waals surface area (Å²) in [6.07, 6.45) is 0. The standard InChI is InChI=1S/C5H5.C5H.Fe/c2*1-2-4-5-3-1;/h1-5H;1H;/q-1;-5;+2. The fourth-order valence-electron chi connectivity index (χ4n) is 0.501. The molecule has 0 atom stereocenters. The summed E-state index contributed by atoms with van der Waals surface area (Å²) in [5, 5.41) is 0. The minimum absolute atomic E-state index is 0. The van der Waals surface area contributed by atoms with Crippen molar-refractivity contribution >= 4 is 0 Å². The number of hydrogen-bond acceptors (Lipinski definition) is 0. The van der Waals surface area contributed by atoms with Crippen LogP contribution in [-0.4, -0.2) is 0 Å². The van der Waals surface area contributed by atoms with Gasteiger partial charge in [0.25, 0.3) is 0 Å². The maximum absolute atomic E-state index is 2.62. The van der Waals surface area contributed by atoms with Gasteiger partial charge in [-0.3, -0.25) is 0 Å². The summed E-state index contributed by atoms with van der Waals surface area (Å²) in [5.74, 6) is 0. The van der Waals surface area contributed by atoms with E-state index in [0.29, 0.717) is 0 Å². The quantitative estimate of drug-likeness (QED) is 0.431. The van der Waals surface area contributed by atoms with Gasteiger partial charge in [-0.25, -0.2) is 12.1 Å². The monoisotopic (exact) mass is 182 g/mol. The van der Waals surface area contributed by atoms with E-state index in [1.807, 2.05) is 30.3 Å². The van der Waals surface area contributed by atoms with E-state index >= 15 is 0 Å². The van der Waals surface area contributed by atoms with Gasteiger partial charge in [0, 0.05) is 0 Å². The van der Waals surface area contributed by atoms with Crippen LogP contribution in [-0.2, 0) is 17.1 Å². The molecule has 0 spiro atoms. The van der Waals surface area contributed by atoms with E-state index in [1.54, 1.807) is 6.07 Å². The topological polar surface area (TPSA) is 0 Å². The second kappa shape index (κ2) is 7.33. The Morgan fingerprint density at radius 3 is 1.64 bits per heavy atom. The molecule has 0 amide bonds. The van der Waals surface area contributed by atoms with Gasteiger partial charge >= 0.3 is 17.1 Å². The molecule has 0 fully saturated rings. The predicted molar refractivity (Wildman–Crippen MR) is 39.4 cm³/mol. The first kappa shape index (κ1) is 10.2. The molecule has 2 rings (SSSR count). The van der Waals surface area contributed by atoms with Crippen LogP contribution in [0.15, 0.2) is 36.4 Å². The van der Waals surface area contributed by atoms with Crippen molar-refractivity contribution in [2.75, 3.05) is 0 Å². The molecule has 0 aromatic heterocycles. The molecule has 0 aliphatic heterocycles. The van der Waals surface area contributed by atoms with Crippen molar-refractivity contribution in [2.24, 2.45) is 0 Å². The average molecular weight is 182 g/mol. The van der Waals surface area contributed by atoms with E-state index in [4.69, 9.17) is 0 Å². The van der Waals surface area contributed by atoms with Crippen LogP contribution in [0.5, 0.6) is 0 Å². The Hall–Kier alpha value is -0.781. The summed E-state index contributed by atoms with van der Waals surface area (Å²) in [6.45, 7) is 0. The molecule has 2 aromatic rings. The molecule has 0 heterocycles. The van der Waals surface area contributed by atoms with E-state index in [2.05, 4.69) is 24.3 Å². The van der Waals surface area contributed by atoms with E-state index in [0.717, 1.165) is 0 Å². The molecule has 0 bridgehead atoms. The molecule has 58 valence electrons. The van der Waals surface area contributed by atoms with Gasteiger partial charge in [-0.15, -0.1) is 0 Å². The van der Waals surface area contributed by atoms with Crippen LogP contribution in [0.2, 0.25) is 0 Å². The summed E-state index contributed by atoms with van der Waals surface area (Å²) < 4.78 is 0. The average Bonchev–Trinajstić information content (AvgIpc) is 2.67. The van der Waals surface area contributed by atoms with Gasteiger partial charge in [0.05, 0.1) is 0 Å². The second-order valence-electron chi connectivity index (χ2n) is 1.65. The minimum atomic E-state index is 0. The van der Waals surface area contributed by atoms with Crippen LogP contribution in [0.25, 0.3) is 0 Å². The maximum Gasteiger partial charge on any atom is 2.00 e. The van der Waals surface area contributed by atoms with Crippen molar-refractivity contribution < 1.29 is 17.1 Å². The largest absolute Gasteiger partial charge is 2.00 e. The Balaban J connectivity index is 0.000000167. The molecule has 2 aromatic carbocycles. The molecule has 1 heteroatoms. The molecule has 0 saturated carbocycles.